The number of carbonyl (C=O) groups excluding carboxylic acids is 1. The van der Waals surface area contributed by atoms with Crippen molar-refractivity contribution in [3.63, 3.8) is 0 Å². The molecule has 0 atom stereocenters. The van der Waals surface area contributed by atoms with E-state index in [1.807, 2.05) is 0 Å². The van der Waals surface area contributed by atoms with Crippen molar-refractivity contribution in [2.24, 2.45) is 0 Å². The molecule has 2 nitrogen and oxygen atoms in total. The van der Waals surface area contributed by atoms with Gasteiger partial charge in [0.25, 0.3) is 0 Å². The van der Waals surface area contributed by atoms with Crippen molar-refractivity contribution in [3.8, 4) is 0 Å². The highest BCUT2D eigenvalue weighted by Crippen LogP contribution is 2.13. The third-order valence-corrected chi connectivity index (χ3v) is 6.20. The van der Waals surface area contributed by atoms with Crippen LogP contribution in [0.3, 0.4) is 0 Å². The number of hydrogen-bond acceptors (Lipinski definition) is 2. The predicted molar refractivity (Wildman–Crippen MR) is 147 cm³/mol. The SMILES string of the molecule is CCCCCC/C=C\CCCCCCCCCCCC/C=C\CC/C=C\CCCC(=O)OC. The van der Waals surface area contributed by atoms with Gasteiger partial charge in [0.1, 0.15) is 0 Å². The summed E-state index contributed by atoms with van der Waals surface area (Å²) in [6.45, 7) is 2.28. The van der Waals surface area contributed by atoms with Gasteiger partial charge < -0.3 is 4.74 Å². The highest BCUT2D eigenvalue weighted by molar-refractivity contribution is 5.69. The summed E-state index contributed by atoms with van der Waals surface area (Å²) in [5, 5.41) is 0. The van der Waals surface area contributed by atoms with Gasteiger partial charge in [0.2, 0.25) is 0 Å². The number of allylic oxidation sites excluding steroid dienone is 6. The lowest BCUT2D eigenvalue weighted by Gasteiger charge is -2.02. The molecule has 0 radical (unpaired) electrons. The van der Waals surface area contributed by atoms with Gasteiger partial charge in [-0.2, -0.15) is 0 Å². The van der Waals surface area contributed by atoms with Crippen LogP contribution in [0.25, 0.3) is 0 Å². The molecule has 0 heterocycles. The maximum absolute atomic E-state index is 11.0. The monoisotopic (exact) mass is 460 g/mol. The van der Waals surface area contributed by atoms with Crippen LogP contribution in [0.1, 0.15) is 148 Å². The minimum absolute atomic E-state index is 0.107. The van der Waals surface area contributed by atoms with Crippen LogP contribution in [0.2, 0.25) is 0 Å². The number of hydrogen-bond donors (Lipinski definition) is 0. The average molecular weight is 461 g/mol. The van der Waals surface area contributed by atoms with Gasteiger partial charge in [-0.05, 0) is 64.2 Å². The summed E-state index contributed by atoms with van der Waals surface area (Å²) < 4.78 is 4.64. The van der Waals surface area contributed by atoms with Gasteiger partial charge >= 0.3 is 5.97 Å². The Morgan fingerprint density at radius 2 is 0.818 bits per heavy atom. The molecule has 0 aliphatic rings. The lowest BCUT2D eigenvalue weighted by molar-refractivity contribution is -0.140. The van der Waals surface area contributed by atoms with E-state index in [1.165, 1.54) is 116 Å². The first-order valence-corrected chi connectivity index (χ1v) is 14.3. The zero-order valence-corrected chi connectivity index (χ0v) is 22.3. The Balaban J connectivity index is 3.19. The molecule has 0 saturated heterocycles. The van der Waals surface area contributed by atoms with E-state index in [1.54, 1.807) is 0 Å². The molecule has 0 fully saturated rings. The number of esters is 1. The molecule has 0 N–H and O–H groups in total. The summed E-state index contributed by atoms with van der Waals surface area (Å²) in [5.41, 5.74) is 0. The zero-order chi connectivity index (χ0) is 24.1. The molecule has 192 valence electrons. The molecule has 0 bridgehead atoms. The van der Waals surface area contributed by atoms with Gasteiger partial charge in [0.15, 0.2) is 0 Å². The second kappa shape index (κ2) is 28.7. The topological polar surface area (TPSA) is 26.3 Å². The standard InChI is InChI=1S/C31H56O2/c1-3-4-5-6-7-8-9-10-11-12-13-14-15-16-17-18-19-20-21-22-23-24-25-26-27-28-29-30-31(32)33-2/h8-9,22-23,26-27H,3-7,10-21,24-25,28-30H2,1-2H3/b9-8-,23-22-,27-26-. The second-order valence-electron chi connectivity index (χ2n) is 9.42. The van der Waals surface area contributed by atoms with E-state index in [-0.39, 0.29) is 5.97 Å². The van der Waals surface area contributed by atoms with Gasteiger partial charge in [-0.15, -0.1) is 0 Å². The van der Waals surface area contributed by atoms with Crippen LogP contribution in [0.5, 0.6) is 0 Å². The molecule has 0 spiro atoms. The lowest BCUT2D eigenvalue weighted by Crippen LogP contribution is -1.98. The molecule has 0 aliphatic carbocycles. The molecule has 0 aromatic carbocycles. The van der Waals surface area contributed by atoms with Crippen LogP contribution in [-0.2, 0) is 9.53 Å². The van der Waals surface area contributed by atoms with Gasteiger partial charge in [-0.3, -0.25) is 4.79 Å². The highest BCUT2D eigenvalue weighted by Gasteiger charge is 1.96. The largest absolute Gasteiger partial charge is 0.469 e. The minimum Gasteiger partial charge on any atom is -0.469 e. The van der Waals surface area contributed by atoms with Crippen LogP contribution in [0.4, 0.5) is 0 Å². The minimum atomic E-state index is -0.107. The van der Waals surface area contributed by atoms with Gasteiger partial charge in [0.05, 0.1) is 7.11 Å². The van der Waals surface area contributed by atoms with Crippen molar-refractivity contribution in [2.45, 2.75) is 148 Å². The molecule has 0 unspecified atom stereocenters. The van der Waals surface area contributed by atoms with Crippen molar-refractivity contribution in [2.75, 3.05) is 7.11 Å². The van der Waals surface area contributed by atoms with E-state index in [2.05, 4.69) is 48.1 Å². The molecule has 0 aromatic heterocycles. The Morgan fingerprint density at radius 3 is 1.21 bits per heavy atom. The van der Waals surface area contributed by atoms with Gasteiger partial charge in [-0.25, -0.2) is 0 Å². The molecular formula is C31H56O2. The second-order valence-corrected chi connectivity index (χ2v) is 9.42. The Hall–Kier alpha value is -1.31. The van der Waals surface area contributed by atoms with E-state index < -0.39 is 0 Å². The van der Waals surface area contributed by atoms with Gasteiger partial charge in [-0.1, -0.05) is 114 Å². The molecule has 0 amide bonds. The van der Waals surface area contributed by atoms with E-state index >= 15 is 0 Å². The first-order chi connectivity index (χ1) is 16.3. The summed E-state index contributed by atoms with van der Waals surface area (Å²) in [6.07, 6.45) is 41.9. The van der Waals surface area contributed by atoms with Crippen molar-refractivity contribution >= 4 is 5.97 Å². The van der Waals surface area contributed by atoms with Crippen LogP contribution < -0.4 is 0 Å². The Labute approximate surface area is 207 Å². The smallest absolute Gasteiger partial charge is 0.305 e. The Kier molecular flexibility index (Phi) is 27.6. The third kappa shape index (κ3) is 28.7. The fourth-order valence-electron chi connectivity index (χ4n) is 3.99. The maximum atomic E-state index is 11.0. The van der Waals surface area contributed by atoms with E-state index in [0.29, 0.717) is 6.42 Å². The number of methoxy groups -OCH3 is 1. The van der Waals surface area contributed by atoms with Crippen LogP contribution in [0, 0.1) is 0 Å². The first kappa shape index (κ1) is 31.7. The lowest BCUT2D eigenvalue weighted by atomic mass is 10.0. The molecule has 2 heteroatoms. The van der Waals surface area contributed by atoms with Crippen LogP contribution in [-0.4, -0.2) is 13.1 Å². The number of ether oxygens (including phenoxy) is 1. The zero-order valence-electron chi connectivity index (χ0n) is 22.3. The maximum Gasteiger partial charge on any atom is 0.305 e. The molecule has 0 aliphatic heterocycles. The molecule has 0 rings (SSSR count). The molecule has 33 heavy (non-hydrogen) atoms. The quantitative estimate of drug-likeness (QED) is 0.0769. The number of rotatable bonds is 25. The van der Waals surface area contributed by atoms with Crippen LogP contribution in [0.15, 0.2) is 36.5 Å². The summed E-state index contributed by atoms with van der Waals surface area (Å²) in [6, 6.07) is 0. The Bertz CT molecular complexity index is 475. The van der Waals surface area contributed by atoms with Crippen molar-refractivity contribution in [3.05, 3.63) is 36.5 Å². The van der Waals surface area contributed by atoms with Crippen molar-refractivity contribution in [1.29, 1.82) is 0 Å². The van der Waals surface area contributed by atoms with E-state index in [9.17, 15) is 4.79 Å². The fourth-order valence-corrected chi connectivity index (χ4v) is 3.99. The first-order valence-electron chi connectivity index (χ1n) is 14.3. The summed E-state index contributed by atoms with van der Waals surface area (Å²) in [7, 11) is 1.45. The molecular weight excluding hydrogens is 404 g/mol. The summed E-state index contributed by atoms with van der Waals surface area (Å²) in [4.78, 5) is 11.0. The third-order valence-electron chi connectivity index (χ3n) is 6.20. The highest BCUT2D eigenvalue weighted by atomic mass is 16.5. The molecule has 0 aromatic rings. The van der Waals surface area contributed by atoms with E-state index in [4.69, 9.17) is 0 Å². The number of unbranched alkanes of at least 4 members (excludes halogenated alkanes) is 17. The van der Waals surface area contributed by atoms with E-state index in [0.717, 1.165) is 25.7 Å². The van der Waals surface area contributed by atoms with Gasteiger partial charge in [0, 0.05) is 6.42 Å². The van der Waals surface area contributed by atoms with Crippen molar-refractivity contribution in [1.82, 2.24) is 0 Å². The fraction of sp³-hybridized carbons (Fsp3) is 0.774. The average Bonchev–Trinajstić information content (AvgIpc) is 2.83. The normalized spacial score (nSPS) is 11.9. The predicted octanol–water partition coefficient (Wildman–Crippen LogP) is 10.4. The van der Waals surface area contributed by atoms with Crippen molar-refractivity contribution < 1.29 is 9.53 Å². The number of carbonyl (C=O) groups is 1. The summed E-state index contributed by atoms with van der Waals surface area (Å²) >= 11 is 0. The summed E-state index contributed by atoms with van der Waals surface area (Å²) in [5.74, 6) is -0.107. The van der Waals surface area contributed by atoms with Crippen LogP contribution >= 0.6 is 0 Å². The molecule has 0 saturated carbocycles. The Morgan fingerprint density at radius 1 is 0.485 bits per heavy atom.